The van der Waals surface area contributed by atoms with E-state index < -0.39 is 5.38 Å². The van der Waals surface area contributed by atoms with Gasteiger partial charge in [0.2, 0.25) is 5.91 Å². The molecule has 1 aromatic rings. The summed E-state index contributed by atoms with van der Waals surface area (Å²) in [5.41, 5.74) is 0.614. The van der Waals surface area contributed by atoms with Crippen LogP contribution in [0.4, 0.5) is 0 Å². The van der Waals surface area contributed by atoms with Crippen LogP contribution in [0.5, 0.6) is 11.5 Å². The van der Waals surface area contributed by atoms with Gasteiger partial charge in [-0.25, -0.2) is 0 Å². The standard InChI is InChI=1S/C14H20ClNO5/c1-19-11-4-3-10(9-12(11)20-2)13(15)14(18)16-5-7-21-8-6-17/h3-4,9,13,17H,5-8H2,1-2H3,(H,16,18). The number of hydrogen-bond donors (Lipinski definition) is 2. The summed E-state index contributed by atoms with van der Waals surface area (Å²) in [6, 6.07) is 5.07. The Hall–Kier alpha value is -1.50. The smallest absolute Gasteiger partial charge is 0.242 e. The quantitative estimate of drug-likeness (QED) is 0.527. The molecule has 6 nitrogen and oxygen atoms in total. The Kier molecular flexibility index (Phi) is 7.89. The Morgan fingerprint density at radius 3 is 2.62 bits per heavy atom. The molecule has 1 unspecified atom stereocenters. The van der Waals surface area contributed by atoms with E-state index in [9.17, 15) is 4.79 Å². The van der Waals surface area contributed by atoms with Crippen molar-refractivity contribution in [3.05, 3.63) is 23.8 Å². The Morgan fingerprint density at radius 1 is 1.29 bits per heavy atom. The molecule has 1 rings (SSSR count). The molecule has 0 aliphatic carbocycles. The van der Waals surface area contributed by atoms with Crippen LogP contribution in [0.1, 0.15) is 10.9 Å². The minimum absolute atomic E-state index is 0.0439. The molecule has 2 N–H and O–H groups in total. The normalized spacial score (nSPS) is 11.8. The number of aliphatic hydroxyl groups is 1. The minimum atomic E-state index is -0.831. The highest BCUT2D eigenvalue weighted by Gasteiger charge is 2.19. The van der Waals surface area contributed by atoms with Gasteiger partial charge in [0.1, 0.15) is 5.38 Å². The molecule has 1 aromatic carbocycles. The molecule has 1 amide bonds. The molecule has 7 heteroatoms. The number of hydrogen-bond acceptors (Lipinski definition) is 5. The average Bonchev–Trinajstić information content (AvgIpc) is 2.53. The maximum absolute atomic E-state index is 11.9. The Labute approximate surface area is 129 Å². The number of nitrogens with one attached hydrogen (secondary N) is 1. The van der Waals surface area contributed by atoms with Crippen molar-refractivity contribution in [2.75, 3.05) is 40.6 Å². The molecule has 0 radical (unpaired) electrons. The molecule has 0 bridgehead atoms. The number of aliphatic hydroxyl groups excluding tert-OH is 1. The first kappa shape index (κ1) is 17.6. The highest BCUT2D eigenvalue weighted by Crippen LogP contribution is 2.32. The Balaban J connectivity index is 2.57. The predicted molar refractivity (Wildman–Crippen MR) is 79.1 cm³/mol. The number of carbonyl (C=O) groups excluding carboxylic acids is 1. The van der Waals surface area contributed by atoms with E-state index in [0.29, 0.717) is 30.2 Å². The van der Waals surface area contributed by atoms with Gasteiger partial charge in [-0.2, -0.15) is 0 Å². The zero-order chi connectivity index (χ0) is 15.7. The summed E-state index contributed by atoms with van der Waals surface area (Å²) in [7, 11) is 3.05. The van der Waals surface area contributed by atoms with E-state index in [1.165, 1.54) is 14.2 Å². The fourth-order valence-corrected chi connectivity index (χ4v) is 1.88. The second-order valence-electron chi connectivity index (χ2n) is 4.10. The number of ether oxygens (including phenoxy) is 3. The minimum Gasteiger partial charge on any atom is -0.493 e. The van der Waals surface area contributed by atoms with Gasteiger partial charge in [0.15, 0.2) is 11.5 Å². The molecule has 118 valence electrons. The summed E-state index contributed by atoms with van der Waals surface area (Å²) in [4.78, 5) is 11.9. The Morgan fingerprint density at radius 2 is 2.00 bits per heavy atom. The summed E-state index contributed by atoms with van der Waals surface area (Å²) in [6.45, 7) is 0.852. The first-order valence-corrected chi connectivity index (χ1v) is 6.90. The van der Waals surface area contributed by atoms with Crippen molar-refractivity contribution in [2.45, 2.75) is 5.38 Å². The van der Waals surface area contributed by atoms with Crippen LogP contribution in [0.25, 0.3) is 0 Å². The monoisotopic (exact) mass is 317 g/mol. The van der Waals surface area contributed by atoms with Crippen molar-refractivity contribution in [1.82, 2.24) is 5.32 Å². The van der Waals surface area contributed by atoms with Crippen molar-refractivity contribution in [3.8, 4) is 11.5 Å². The number of methoxy groups -OCH3 is 2. The fourth-order valence-electron chi connectivity index (χ4n) is 1.66. The molecule has 0 aliphatic rings. The van der Waals surface area contributed by atoms with E-state index in [0.717, 1.165) is 0 Å². The van der Waals surface area contributed by atoms with Gasteiger partial charge >= 0.3 is 0 Å². The summed E-state index contributed by atoms with van der Waals surface area (Å²) in [5, 5.41) is 10.4. The van der Waals surface area contributed by atoms with Crippen LogP contribution < -0.4 is 14.8 Å². The second-order valence-corrected chi connectivity index (χ2v) is 4.54. The van der Waals surface area contributed by atoms with Gasteiger partial charge in [-0.3, -0.25) is 4.79 Å². The van der Waals surface area contributed by atoms with Gasteiger partial charge in [-0.05, 0) is 17.7 Å². The van der Waals surface area contributed by atoms with Gasteiger partial charge in [0, 0.05) is 6.54 Å². The number of carbonyl (C=O) groups is 1. The summed E-state index contributed by atoms with van der Waals surface area (Å²) in [5.74, 6) is 0.763. The van der Waals surface area contributed by atoms with Gasteiger partial charge < -0.3 is 24.6 Å². The number of amides is 1. The molecular formula is C14H20ClNO5. The first-order chi connectivity index (χ1) is 10.1. The zero-order valence-electron chi connectivity index (χ0n) is 12.1. The first-order valence-electron chi connectivity index (χ1n) is 6.46. The van der Waals surface area contributed by atoms with Gasteiger partial charge in [0.05, 0.1) is 34.0 Å². The molecule has 1 atom stereocenters. The van der Waals surface area contributed by atoms with Crippen molar-refractivity contribution in [2.24, 2.45) is 0 Å². The van der Waals surface area contributed by atoms with Crippen LogP contribution >= 0.6 is 11.6 Å². The largest absolute Gasteiger partial charge is 0.493 e. The fraction of sp³-hybridized carbons (Fsp3) is 0.500. The van der Waals surface area contributed by atoms with Gasteiger partial charge in [0.25, 0.3) is 0 Å². The third kappa shape index (κ3) is 5.41. The van der Waals surface area contributed by atoms with Crippen molar-refractivity contribution < 1.29 is 24.1 Å². The number of halogens is 1. The highest BCUT2D eigenvalue weighted by molar-refractivity contribution is 6.30. The molecule has 0 saturated heterocycles. The molecule has 0 aromatic heterocycles. The third-order valence-electron chi connectivity index (χ3n) is 2.71. The van der Waals surface area contributed by atoms with E-state index >= 15 is 0 Å². The second kappa shape index (κ2) is 9.44. The SMILES string of the molecule is COc1ccc(C(Cl)C(=O)NCCOCCO)cc1OC. The molecule has 0 heterocycles. The predicted octanol–water partition coefficient (Wildman–Crippen LogP) is 1.11. The highest BCUT2D eigenvalue weighted by atomic mass is 35.5. The summed E-state index contributed by atoms with van der Waals surface area (Å²) in [6.07, 6.45) is 0. The molecule has 21 heavy (non-hydrogen) atoms. The number of rotatable bonds is 9. The maximum atomic E-state index is 11.9. The van der Waals surface area contributed by atoms with E-state index in [1.807, 2.05) is 0 Å². The van der Waals surface area contributed by atoms with Crippen LogP contribution in [0, 0.1) is 0 Å². The lowest BCUT2D eigenvalue weighted by molar-refractivity contribution is -0.121. The van der Waals surface area contributed by atoms with Crippen LogP contribution in [0.2, 0.25) is 0 Å². The van der Waals surface area contributed by atoms with Crippen molar-refractivity contribution in [3.63, 3.8) is 0 Å². The Bertz CT molecular complexity index is 455. The van der Waals surface area contributed by atoms with Crippen LogP contribution in [0.15, 0.2) is 18.2 Å². The molecule has 0 saturated carbocycles. The van der Waals surface area contributed by atoms with E-state index in [2.05, 4.69) is 5.32 Å². The number of alkyl halides is 1. The molecule has 0 fully saturated rings. The topological polar surface area (TPSA) is 77.0 Å². The van der Waals surface area contributed by atoms with Crippen molar-refractivity contribution in [1.29, 1.82) is 0 Å². The van der Waals surface area contributed by atoms with Crippen molar-refractivity contribution >= 4 is 17.5 Å². The van der Waals surface area contributed by atoms with E-state index in [4.69, 9.17) is 30.9 Å². The average molecular weight is 318 g/mol. The van der Waals surface area contributed by atoms with E-state index in [1.54, 1.807) is 18.2 Å². The van der Waals surface area contributed by atoms with Crippen LogP contribution in [-0.4, -0.2) is 51.6 Å². The van der Waals surface area contributed by atoms with Gasteiger partial charge in [-0.15, -0.1) is 11.6 Å². The van der Waals surface area contributed by atoms with Crippen LogP contribution in [0.3, 0.4) is 0 Å². The third-order valence-corrected chi connectivity index (χ3v) is 3.16. The molecule has 0 spiro atoms. The summed E-state index contributed by atoms with van der Waals surface area (Å²) < 4.78 is 15.3. The lowest BCUT2D eigenvalue weighted by Gasteiger charge is -2.13. The van der Waals surface area contributed by atoms with E-state index in [-0.39, 0.29) is 19.1 Å². The lowest BCUT2D eigenvalue weighted by atomic mass is 10.1. The lowest BCUT2D eigenvalue weighted by Crippen LogP contribution is -2.30. The summed E-state index contributed by atoms with van der Waals surface area (Å²) >= 11 is 6.13. The number of benzene rings is 1. The zero-order valence-corrected chi connectivity index (χ0v) is 12.9. The van der Waals surface area contributed by atoms with Crippen LogP contribution in [-0.2, 0) is 9.53 Å². The molecule has 0 aliphatic heterocycles. The maximum Gasteiger partial charge on any atom is 0.242 e. The van der Waals surface area contributed by atoms with Gasteiger partial charge in [-0.1, -0.05) is 6.07 Å². The molecular weight excluding hydrogens is 298 g/mol.